The molecule has 1 aromatic carbocycles. The number of hydrogen-bond acceptors (Lipinski definition) is 9. The summed E-state index contributed by atoms with van der Waals surface area (Å²) in [6.07, 6.45) is 7.56. The predicted molar refractivity (Wildman–Crippen MR) is 125 cm³/mol. The number of nitrogens with one attached hydrogen (secondary N) is 2. The van der Waals surface area contributed by atoms with Gasteiger partial charge in [0.25, 0.3) is 11.8 Å². The second-order valence-electron chi connectivity index (χ2n) is 7.67. The van der Waals surface area contributed by atoms with E-state index in [1.54, 1.807) is 43.5 Å². The summed E-state index contributed by atoms with van der Waals surface area (Å²) in [7, 11) is 0. The van der Waals surface area contributed by atoms with Crippen LogP contribution in [0, 0.1) is 6.92 Å². The van der Waals surface area contributed by atoms with E-state index in [1.165, 1.54) is 23.6 Å². The number of carbonyl (C=O) groups excluding carboxylic acids is 2. The van der Waals surface area contributed by atoms with E-state index >= 15 is 0 Å². The number of nitrogens with zero attached hydrogens (tertiary/aromatic N) is 4. The fourth-order valence-electron chi connectivity index (χ4n) is 3.26. The van der Waals surface area contributed by atoms with Crippen LogP contribution in [0.5, 0.6) is 5.88 Å². The van der Waals surface area contributed by atoms with Gasteiger partial charge in [-0.3, -0.25) is 14.9 Å². The van der Waals surface area contributed by atoms with Gasteiger partial charge in [-0.05, 0) is 37.5 Å². The highest BCUT2D eigenvalue weighted by molar-refractivity contribution is 7.22. The van der Waals surface area contributed by atoms with E-state index in [1.807, 2.05) is 0 Å². The fraction of sp³-hybridized carbons (Fsp3) is 0.217. The van der Waals surface area contributed by atoms with Gasteiger partial charge in [-0.1, -0.05) is 28.6 Å². The van der Waals surface area contributed by atoms with Crippen molar-refractivity contribution in [2.24, 2.45) is 0 Å². The molecule has 0 bridgehead atoms. The Balaban J connectivity index is 1.20. The Kier molecular flexibility index (Phi) is 6.00. The van der Waals surface area contributed by atoms with Gasteiger partial charge in [-0.15, -0.1) is 0 Å². The van der Waals surface area contributed by atoms with Gasteiger partial charge in [0.1, 0.15) is 10.8 Å². The summed E-state index contributed by atoms with van der Waals surface area (Å²) < 4.78 is 11.7. The van der Waals surface area contributed by atoms with E-state index in [2.05, 4.69) is 30.7 Å². The van der Waals surface area contributed by atoms with E-state index in [9.17, 15) is 9.59 Å². The second kappa shape index (κ2) is 9.40. The van der Waals surface area contributed by atoms with Crippen molar-refractivity contribution in [3.05, 3.63) is 60.3 Å². The van der Waals surface area contributed by atoms with Crippen molar-refractivity contribution in [1.29, 1.82) is 0 Å². The highest BCUT2D eigenvalue weighted by Gasteiger charge is 2.21. The minimum Gasteiger partial charge on any atom is -0.473 e. The van der Waals surface area contributed by atoms with E-state index in [-0.39, 0.29) is 12.0 Å². The largest absolute Gasteiger partial charge is 0.473 e. The molecule has 1 fully saturated rings. The van der Waals surface area contributed by atoms with Crippen molar-refractivity contribution in [3.63, 3.8) is 0 Å². The molecule has 0 atom stereocenters. The van der Waals surface area contributed by atoms with Gasteiger partial charge in [0.2, 0.25) is 17.6 Å². The van der Waals surface area contributed by atoms with Crippen molar-refractivity contribution in [3.8, 4) is 17.3 Å². The maximum Gasteiger partial charge on any atom is 0.255 e. The minimum atomic E-state index is -0.426. The summed E-state index contributed by atoms with van der Waals surface area (Å²) >= 11 is 1.30. The summed E-state index contributed by atoms with van der Waals surface area (Å²) in [6, 6.07) is 8.57. The summed E-state index contributed by atoms with van der Waals surface area (Å²) in [5, 5.41) is 9.56. The Morgan fingerprint density at radius 1 is 1.24 bits per heavy atom. The molecule has 0 aliphatic heterocycles. The van der Waals surface area contributed by atoms with Crippen LogP contribution in [0.15, 0.2) is 53.3 Å². The molecule has 172 valence electrons. The number of benzene rings is 1. The first-order valence-electron chi connectivity index (χ1n) is 10.7. The van der Waals surface area contributed by atoms with Crippen molar-refractivity contribution in [2.75, 3.05) is 5.32 Å². The van der Waals surface area contributed by atoms with Gasteiger partial charge in [0.15, 0.2) is 5.13 Å². The minimum absolute atomic E-state index is 0.196. The lowest BCUT2D eigenvalue weighted by Gasteiger charge is -2.25. The molecule has 10 nitrogen and oxygen atoms in total. The summed E-state index contributed by atoms with van der Waals surface area (Å²) in [5.41, 5.74) is 1.75. The molecule has 1 aliphatic carbocycles. The number of thiazole rings is 1. The number of amides is 2. The molecule has 1 aliphatic rings. The third-order valence-corrected chi connectivity index (χ3v) is 6.17. The Morgan fingerprint density at radius 3 is 2.88 bits per heavy atom. The maximum absolute atomic E-state index is 12.5. The number of fused-ring (bicyclic) bond motifs is 1. The lowest BCUT2D eigenvalue weighted by Crippen LogP contribution is -2.24. The molecular weight excluding hydrogens is 456 g/mol. The number of aryl methyl sites for hydroxylation is 1. The molecule has 11 heteroatoms. The highest BCUT2D eigenvalue weighted by atomic mass is 32.1. The van der Waals surface area contributed by atoms with Crippen LogP contribution in [0.4, 0.5) is 5.13 Å². The van der Waals surface area contributed by atoms with E-state index in [0.717, 1.165) is 24.0 Å². The Labute approximate surface area is 198 Å². The van der Waals surface area contributed by atoms with Crippen molar-refractivity contribution >= 4 is 38.5 Å². The fourth-order valence-corrected chi connectivity index (χ4v) is 4.15. The summed E-state index contributed by atoms with van der Waals surface area (Å²) in [5.74, 6) is 0.570. The number of anilines is 1. The average Bonchev–Trinajstić information content (AvgIpc) is 3.42. The summed E-state index contributed by atoms with van der Waals surface area (Å²) in [6.45, 7) is 1.69. The van der Waals surface area contributed by atoms with E-state index in [0.29, 0.717) is 39.4 Å². The zero-order valence-electron chi connectivity index (χ0n) is 18.1. The number of carbonyl (C=O) groups is 2. The first-order chi connectivity index (χ1) is 16.5. The average molecular weight is 477 g/mol. The van der Waals surface area contributed by atoms with Gasteiger partial charge in [0, 0.05) is 36.5 Å². The Morgan fingerprint density at radius 2 is 2.12 bits per heavy atom. The summed E-state index contributed by atoms with van der Waals surface area (Å²) in [4.78, 5) is 37.7. The molecule has 0 radical (unpaired) electrons. The predicted octanol–water partition coefficient (Wildman–Crippen LogP) is 3.86. The van der Waals surface area contributed by atoms with Crippen LogP contribution in [-0.2, 0) is 4.79 Å². The highest BCUT2D eigenvalue weighted by Crippen LogP contribution is 2.34. The molecule has 0 saturated heterocycles. The van der Waals surface area contributed by atoms with E-state index < -0.39 is 5.91 Å². The molecule has 4 aromatic rings. The van der Waals surface area contributed by atoms with Gasteiger partial charge >= 0.3 is 0 Å². The van der Waals surface area contributed by atoms with Gasteiger partial charge < -0.3 is 14.6 Å². The molecule has 5 rings (SSSR count). The number of pyridine rings is 1. The first kappa shape index (κ1) is 21.7. The molecule has 2 amide bonds. The molecule has 3 heterocycles. The van der Waals surface area contributed by atoms with Crippen LogP contribution in [0.1, 0.15) is 35.5 Å². The number of ether oxygens (including phenoxy) is 1. The zero-order chi connectivity index (χ0) is 23.5. The van der Waals surface area contributed by atoms with Crippen molar-refractivity contribution < 1.29 is 18.8 Å². The monoisotopic (exact) mass is 476 g/mol. The van der Waals surface area contributed by atoms with Gasteiger partial charge in [-0.2, -0.15) is 4.98 Å². The smallest absolute Gasteiger partial charge is 0.255 e. The van der Waals surface area contributed by atoms with Crippen molar-refractivity contribution in [2.45, 2.75) is 32.3 Å². The van der Waals surface area contributed by atoms with Crippen LogP contribution in [0.2, 0.25) is 0 Å². The Hall–Kier alpha value is -4.12. The standard InChI is InChI=1S/C23H20N6O4S/c1-13-26-20(29-33-13)14-4-2-5-15(12-14)21(31)24-11-9-18(30)28-23-27-17-8-10-25-22(19(17)34-23)32-16-6-3-7-16/h2,4-5,8-12,16H,3,6-7H2,1H3,(H,24,31)(H,27,28,30). The third-order valence-electron chi connectivity index (χ3n) is 5.19. The zero-order valence-corrected chi connectivity index (χ0v) is 19.0. The topological polar surface area (TPSA) is 132 Å². The number of hydrogen-bond donors (Lipinski definition) is 2. The Bertz CT molecular complexity index is 1390. The number of rotatable bonds is 7. The first-order valence-corrected chi connectivity index (χ1v) is 11.5. The van der Waals surface area contributed by atoms with Crippen LogP contribution >= 0.6 is 11.3 Å². The maximum atomic E-state index is 12.5. The quantitative estimate of drug-likeness (QED) is 0.384. The normalized spacial score (nSPS) is 13.7. The molecule has 0 unspecified atom stereocenters. The van der Waals surface area contributed by atoms with Gasteiger partial charge in [0.05, 0.1) is 5.52 Å². The van der Waals surface area contributed by atoms with Crippen molar-refractivity contribution in [1.82, 2.24) is 25.4 Å². The van der Waals surface area contributed by atoms with Crippen LogP contribution < -0.4 is 15.4 Å². The van der Waals surface area contributed by atoms with Crippen LogP contribution in [-0.4, -0.2) is 38.0 Å². The van der Waals surface area contributed by atoms with E-state index in [4.69, 9.17) is 9.26 Å². The number of aromatic nitrogens is 4. The lowest BCUT2D eigenvalue weighted by atomic mass is 9.96. The molecule has 0 spiro atoms. The SMILES string of the molecule is Cc1nc(-c2cccc(C(=O)NC=CC(=O)Nc3nc4ccnc(OC5CCC5)c4s3)c2)no1. The van der Waals surface area contributed by atoms with Crippen LogP contribution in [0.3, 0.4) is 0 Å². The molecular formula is C23H20N6O4S. The lowest BCUT2D eigenvalue weighted by molar-refractivity contribution is -0.111. The molecule has 34 heavy (non-hydrogen) atoms. The second-order valence-corrected chi connectivity index (χ2v) is 8.67. The molecule has 2 N–H and O–H groups in total. The molecule has 1 saturated carbocycles. The van der Waals surface area contributed by atoms with Gasteiger partial charge in [-0.25, -0.2) is 9.97 Å². The van der Waals surface area contributed by atoms with Crippen LogP contribution in [0.25, 0.3) is 21.6 Å². The molecule has 3 aromatic heterocycles. The third kappa shape index (κ3) is 4.79.